The maximum Gasteiger partial charge on any atom is 0.214 e. The molecule has 0 aliphatic heterocycles. The highest BCUT2D eigenvalue weighted by atomic mass is 32.2. The fraction of sp³-hybridized carbons (Fsp3) is 0.316. The van der Waals surface area contributed by atoms with Gasteiger partial charge in [0, 0.05) is 5.75 Å². The monoisotopic (exact) mass is 354 g/mol. The van der Waals surface area contributed by atoms with Crippen LogP contribution in [0.2, 0.25) is 0 Å². The summed E-state index contributed by atoms with van der Waals surface area (Å²) >= 11 is 1.59. The van der Waals surface area contributed by atoms with Gasteiger partial charge in [-0.15, -0.1) is 5.10 Å². The largest absolute Gasteiger partial charge is 0.493 e. The molecule has 3 aromatic rings. The zero-order valence-corrected chi connectivity index (χ0v) is 15.8. The Hall–Kier alpha value is -2.34. The molecule has 0 bridgehead atoms. The van der Waals surface area contributed by atoms with Crippen molar-refractivity contribution >= 4 is 11.8 Å². The summed E-state index contributed by atoms with van der Waals surface area (Å²) in [4.78, 5) is 0. The van der Waals surface area contributed by atoms with E-state index >= 15 is 0 Å². The van der Waals surface area contributed by atoms with E-state index in [1.54, 1.807) is 16.4 Å². The number of ether oxygens (including phenoxy) is 1. The van der Waals surface area contributed by atoms with E-state index in [0.29, 0.717) is 6.61 Å². The van der Waals surface area contributed by atoms with Crippen LogP contribution in [-0.4, -0.2) is 32.6 Å². The van der Waals surface area contributed by atoms with Gasteiger partial charge >= 0.3 is 0 Å². The Labute approximate surface area is 152 Å². The summed E-state index contributed by atoms with van der Waals surface area (Å²) in [5.74, 6) is 1.69. The third-order valence-electron chi connectivity index (χ3n) is 3.81. The molecule has 0 N–H and O–H groups in total. The van der Waals surface area contributed by atoms with Crippen molar-refractivity contribution in [2.24, 2.45) is 0 Å². The number of aryl methyl sites for hydroxylation is 4. The van der Waals surface area contributed by atoms with Gasteiger partial charge < -0.3 is 4.74 Å². The predicted octanol–water partition coefficient (Wildman–Crippen LogP) is 4.07. The standard InChI is InChI=1S/C19H22N4OS/c1-13-5-6-16(4)18(12-13)23-19(20-21-22-23)25-8-7-24-17-10-14(2)9-15(3)11-17/h5-6,9-12H,7-8H2,1-4H3. The predicted molar refractivity (Wildman–Crippen MR) is 101 cm³/mol. The highest BCUT2D eigenvalue weighted by Crippen LogP contribution is 2.22. The minimum atomic E-state index is 0.604. The quantitative estimate of drug-likeness (QED) is 0.493. The van der Waals surface area contributed by atoms with E-state index in [0.717, 1.165) is 27.9 Å². The lowest BCUT2D eigenvalue weighted by Gasteiger charge is -2.10. The van der Waals surface area contributed by atoms with Crippen LogP contribution in [0.4, 0.5) is 0 Å². The van der Waals surface area contributed by atoms with Gasteiger partial charge in [0.15, 0.2) is 0 Å². The first-order chi connectivity index (χ1) is 12.0. The van der Waals surface area contributed by atoms with Crippen LogP contribution in [0, 0.1) is 27.7 Å². The first-order valence-electron chi connectivity index (χ1n) is 8.23. The number of tetrazole rings is 1. The number of aromatic nitrogens is 4. The number of rotatable bonds is 6. The summed E-state index contributed by atoms with van der Waals surface area (Å²) in [5.41, 5.74) is 5.77. The second-order valence-electron chi connectivity index (χ2n) is 6.18. The molecule has 25 heavy (non-hydrogen) atoms. The molecule has 6 heteroatoms. The molecule has 0 unspecified atom stereocenters. The zero-order valence-electron chi connectivity index (χ0n) is 15.0. The molecule has 130 valence electrons. The van der Waals surface area contributed by atoms with Gasteiger partial charge in [0.05, 0.1) is 12.3 Å². The second kappa shape index (κ2) is 7.70. The van der Waals surface area contributed by atoms with Crippen LogP contribution in [0.1, 0.15) is 22.3 Å². The fourth-order valence-corrected chi connectivity index (χ4v) is 3.38. The molecule has 0 radical (unpaired) electrons. The van der Waals surface area contributed by atoms with Gasteiger partial charge in [-0.05, 0) is 78.6 Å². The summed E-state index contributed by atoms with van der Waals surface area (Å²) in [7, 11) is 0. The Bertz CT molecular complexity index is 855. The van der Waals surface area contributed by atoms with Crippen LogP contribution in [0.5, 0.6) is 5.75 Å². The van der Waals surface area contributed by atoms with Crippen LogP contribution < -0.4 is 4.74 Å². The van der Waals surface area contributed by atoms with Gasteiger partial charge in [0.1, 0.15) is 5.75 Å². The highest BCUT2D eigenvalue weighted by Gasteiger charge is 2.11. The molecule has 0 saturated heterocycles. The number of benzene rings is 2. The van der Waals surface area contributed by atoms with Crippen molar-refractivity contribution in [3.05, 3.63) is 58.7 Å². The minimum Gasteiger partial charge on any atom is -0.493 e. The van der Waals surface area contributed by atoms with Crippen molar-refractivity contribution in [1.29, 1.82) is 0 Å². The third kappa shape index (κ3) is 4.39. The first kappa shape index (κ1) is 17.5. The van der Waals surface area contributed by atoms with Crippen molar-refractivity contribution in [2.75, 3.05) is 12.4 Å². The third-order valence-corrected chi connectivity index (χ3v) is 4.70. The van der Waals surface area contributed by atoms with Crippen molar-refractivity contribution in [2.45, 2.75) is 32.9 Å². The van der Waals surface area contributed by atoms with Crippen molar-refractivity contribution < 1.29 is 4.74 Å². The summed E-state index contributed by atoms with van der Waals surface area (Å²) < 4.78 is 7.65. The Morgan fingerprint density at radius 1 is 0.960 bits per heavy atom. The van der Waals surface area contributed by atoms with Crippen LogP contribution >= 0.6 is 11.8 Å². The number of nitrogens with zero attached hydrogens (tertiary/aromatic N) is 4. The van der Waals surface area contributed by atoms with Crippen LogP contribution in [0.3, 0.4) is 0 Å². The lowest BCUT2D eigenvalue weighted by atomic mass is 10.1. The average Bonchev–Trinajstić information content (AvgIpc) is 3.01. The molecule has 0 saturated carbocycles. The van der Waals surface area contributed by atoms with Gasteiger partial charge in [0.25, 0.3) is 0 Å². The molecule has 0 amide bonds. The molecule has 0 aliphatic carbocycles. The molecular weight excluding hydrogens is 332 g/mol. The smallest absolute Gasteiger partial charge is 0.214 e. The molecule has 1 heterocycles. The normalized spacial score (nSPS) is 10.9. The van der Waals surface area contributed by atoms with E-state index in [1.165, 1.54) is 16.7 Å². The van der Waals surface area contributed by atoms with E-state index in [-0.39, 0.29) is 0 Å². The molecule has 0 fully saturated rings. The Balaban J connectivity index is 1.63. The fourth-order valence-electron chi connectivity index (χ4n) is 2.68. The molecule has 0 spiro atoms. The van der Waals surface area contributed by atoms with Gasteiger partial charge in [-0.3, -0.25) is 0 Å². The van der Waals surface area contributed by atoms with Crippen molar-refractivity contribution in [1.82, 2.24) is 20.2 Å². The number of hydrogen-bond donors (Lipinski definition) is 0. The summed E-state index contributed by atoms with van der Waals surface area (Å²) in [6, 6.07) is 12.5. The summed E-state index contributed by atoms with van der Waals surface area (Å²) in [6.45, 7) is 8.89. The van der Waals surface area contributed by atoms with E-state index in [2.05, 4.69) is 79.6 Å². The Morgan fingerprint density at radius 2 is 1.72 bits per heavy atom. The van der Waals surface area contributed by atoms with E-state index in [9.17, 15) is 0 Å². The molecular formula is C19H22N4OS. The second-order valence-corrected chi connectivity index (χ2v) is 7.25. The molecule has 2 aromatic carbocycles. The lowest BCUT2D eigenvalue weighted by Crippen LogP contribution is -2.05. The van der Waals surface area contributed by atoms with Crippen LogP contribution in [0.15, 0.2) is 41.6 Å². The Kier molecular flexibility index (Phi) is 5.38. The zero-order chi connectivity index (χ0) is 17.8. The molecule has 3 rings (SSSR count). The topological polar surface area (TPSA) is 52.8 Å². The van der Waals surface area contributed by atoms with Gasteiger partial charge in [-0.1, -0.05) is 30.0 Å². The molecule has 5 nitrogen and oxygen atoms in total. The number of hydrogen-bond acceptors (Lipinski definition) is 5. The SMILES string of the molecule is Cc1cc(C)cc(OCCSc2nnnn2-c2cc(C)ccc2C)c1. The van der Waals surface area contributed by atoms with Crippen LogP contribution in [0.25, 0.3) is 5.69 Å². The maximum absolute atomic E-state index is 5.86. The minimum absolute atomic E-state index is 0.604. The average molecular weight is 354 g/mol. The van der Waals surface area contributed by atoms with Gasteiger partial charge in [0.2, 0.25) is 5.16 Å². The van der Waals surface area contributed by atoms with Gasteiger partial charge in [-0.25, -0.2) is 0 Å². The maximum atomic E-state index is 5.86. The molecule has 0 atom stereocenters. The number of thioether (sulfide) groups is 1. The van der Waals surface area contributed by atoms with Gasteiger partial charge in [-0.2, -0.15) is 4.68 Å². The lowest BCUT2D eigenvalue weighted by molar-refractivity contribution is 0.343. The van der Waals surface area contributed by atoms with Crippen molar-refractivity contribution in [3.8, 4) is 11.4 Å². The Morgan fingerprint density at radius 3 is 2.48 bits per heavy atom. The van der Waals surface area contributed by atoms with Crippen molar-refractivity contribution in [3.63, 3.8) is 0 Å². The summed E-state index contributed by atoms with van der Waals surface area (Å²) in [6.07, 6.45) is 0. The first-order valence-corrected chi connectivity index (χ1v) is 9.21. The van der Waals surface area contributed by atoms with Crippen LogP contribution in [-0.2, 0) is 0 Å². The molecule has 0 aliphatic rings. The highest BCUT2D eigenvalue weighted by molar-refractivity contribution is 7.99. The van der Waals surface area contributed by atoms with E-state index in [1.807, 2.05) is 0 Å². The molecule has 1 aromatic heterocycles. The summed E-state index contributed by atoms with van der Waals surface area (Å²) in [5, 5.41) is 12.9. The van der Waals surface area contributed by atoms with E-state index < -0.39 is 0 Å². The van der Waals surface area contributed by atoms with E-state index in [4.69, 9.17) is 4.74 Å².